The number of carbonyl (C=O) groups is 1. The van der Waals surface area contributed by atoms with E-state index >= 15 is 0 Å². The molecule has 0 bridgehead atoms. The Bertz CT molecular complexity index is 727. The number of thiophene rings is 1. The highest BCUT2D eigenvalue weighted by molar-refractivity contribution is 7.91. The molecule has 1 heterocycles. The summed E-state index contributed by atoms with van der Waals surface area (Å²) in [6.07, 6.45) is 0. The predicted molar refractivity (Wildman–Crippen MR) is 84.8 cm³/mol. The highest BCUT2D eigenvalue weighted by Crippen LogP contribution is 2.15. The third kappa shape index (κ3) is 4.30. The van der Waals surface area contributed by atoms with Gasteiger partial charge in [0.25, 0.3) is 5.91 Å². The quantitative estimate of drug-likeness (QED) is 0.748. The number of ether oxygens (including phenoxy) is 1. The van der Waals surface area contributed by atoms with Crippen molar-refractivity contribution in [2.75, 3.05) is 20.2 Å². The molecule has 0 aliphatic heterocycles. The molecule has 0 unspecified atom stereocenters. The summed E-state index contributed by atoms with van der Waals surface area (Å²) in [5.41, 5.74) is 0.459. The number of benzene rings is 1. The molecule has 0 spiro atoms. The fourth-order valence-electron chi connectivity index (χ4n) is 1.72. The van der Waals surface area contributed by atoms with Gasteiger partial charge in [-0.15, -0.1) is 11.3 Å². The van der Waals surface area contributed by atoms with Crippen molar-refractivity contribution < 1.29 is 17.9 Å². The van der Waals surface area contributed by atoms with E-state index in [1.165, 1.54) is 13.2 Å². The van der Waals surface area contributed by atoms with Crippen LogP contribution in [0, 0.1) is 0 Å². The second-order valence-corrected chi connectivity index (χ2v) is 7.26. The van der Waals surface area contributed by atoms with Gasteiger partial charge in [0, 0.05) is 18.7 Å². The third-order valence-electron chi connectivity index (χ3n) is 2.79. The molecule has 6 nitrogen and oxygen atoms in total. The van der Waals surface area contributed by atoms with Gasteiger partial charge in [-0.1, -0.05) is 12.1 Å². The first-order chi connectivity index (χ1) is 10.5. The van der Waals surface area contributed by atoms with Gasteiger partial charge in [-0.2, -0.15) is 0 Å². The number of amides is 1. The first-order valence-corrected chi connectivity index (χ1v) is 8.84. The van der Waals surface area contributed by atoms with Crippen LogP contribution in [-0.4, -0.2) is 34.5 Å². The third-order valence-corrected chi connectivity index (χ3v) is 5.65. The summed E-state index contributed by atoms with van der Waals surface area (Å²) in [4.78, 5) is 11.9. The van der Waals surface area contributed by atoms with E-state index in [2.05, 4.69) is 10.0 Å². The first-order valence-electron chi connectivity index (χ1n) is 6.48. The average Bonchev–Trinajstić information content (AvgIpc) is 3.06. The number of sulfonamides is 1. The second-order valence-electron chi connectivity index (χ2n) is 4.32. The average molecular weight is 340 g/mol. The number of nitrogens with one attached hydrogen (secondary N) is 2. The van der Waals surface area contributed by atoms with E-state index in [0.717, 1.165) is 11.3 Å². The van der Waals surface area contributed by atoms with Gasteiger partial charge in [-0.25, -0.2) is 13.1 Å². The maximum absolute atomic E-state index is 11.9. The summed E-state index contributed by atoms with van der Waals surface area (Å²) in [7, 11) is -1.97. The molecule has 22 heavy (non-hydrogen) atoms. The van der Waals surface area contributed by atoms with Crippen molar-refractivity contribution in [3.63, 3.8) is 0 Å². The summed E-state index contributed by atoms with van der Waals surface area (Å²) in [5, 5.41) is 4.34. The van der Waals surface area contributed by atoms with Gasteiger partial charge < -0.3 is 10.1 Å². The standard InChI is InChI=1S/C14H16N2O4S2/c1-20-12-5-2-4-11(10-12)14(17)15-7-8-16-22(18,19)13-6-3-9-21-13/h2-6,9-10,16H,7-8H2,1H3,(H,15,17). The molecule has 0 radical (unpaired) electrons. The fraction of sp³-hybridized carbons (Fsp3) is 0.214. The van der Waals surface area contributed by atoms with Crippen molar-refractivity contribution in [2.45, 2.75) is 4.21 Å². The lowest BCUT2D eigenvalue weighted by Gasteiger charge is -2.08. The second kappa shape index (κ2) is 7.39. The Morgan fingerprint density at radius 3 is 2.73 bits per heavy atom. The Hall–Kier alpha value is -1.90. The largest absolute Gasteiger partial charge is 0.497 e. The van der Waals surface area contributed by atoms with Gasteiger partial charge in [0.15, 0.2) is 0 Å². The Kier molecular flexibility index (Phi) is 5.53. The van der Waals surface area contributed by atoms with Crippen LogP contribution in [0.15, 0.2) is 46.0 Å². The first kappa shape index (κ1) is 16.5. The summed E-state index contributed by atoms with van der Waals surface area (Å²) < 4.78 is 31.5. The molecular formula is C14H16N2O4S2. The van der Waals surface area contributed by atoms with E-state index < -0.39 is 10.0 Å². The summed E-state index contributed by atoms with van der Waals surface area (Å²) >= 11 is 1.14. The molecule has 0 fully saturated rings. The van der Waals surface area contributed by atoms with Crippen molar-refractivity contribution in [1.82, 2.24) is 10.0 Å². The molecule has 1 amide bonds. The van der Waals surface area contributed by atoms with Crippen LogP contribution in [-0.2, 0) is 10.0 Å². The monoisotopic (exact) mass is 340 g/mol. The van der Waals surface area contributed by atoms with Gasteiger partial charge in [-0.05, 0) is 29.6 Å². The highest BCUT2D eigenvalue weighted by Gasteiger charge is 2.14. The van der Waals surface area contributed by atoms with E-state index in [1.807, 2.05) is 0 Å². The molecule has 1 aromatic carbocycles. The predicted octanol–water partition coefficient (Wildman–Crippen LogP) is 1.46. The Balaban J connectivity index is 1.82. The van der Waals surface area contributed by atoms with E-state index in [1.54, 1.807) is 35.7 Å². The van der Waals surface area contributed by atoms with Gasteiger partial charge in [0.1, 0.15) is 9.96 Å². The van der Waals surface area contributed by atoms with Crippen LogP contribution in [0.2, 0.25) is 0 Å². The lowest BCUT2D eigenvalue weighted by Crippen LogP contribution is -2.34. The van der Waals surface area contributed by atoms with E-state index in [9.17, 15) is 13.2 Å². The lowest BCUT2D eigenvalue weighted by molar-refractivity contribution is 0.0954. The topological polar surface area (TPSA) is 84.5 Å². The molecule has 2 rings (SSSR count). The van der Waals surface area contributed by atoms with Crippen LogP contribution in [0.3, 0.4) is 0 Å². The Morgan fingerprint density at radius 1 is 1.23 bits per heavy atom. The Labute approximate surface area is 133 Å². The highest BCUT2D eigenvalue weighted by atomic mass is 32.2. The summed E-state index contributed by atoms with van der Waals surface area (Å²) in [5.74, 6) is 0.306. The molecule has 1 aromatic heterocycles. The van der Waals surface area contributed by atoms with Crippen LogP contribution >= 0.6 is 11.3 Å². The molecular weight excluding hydrogens is 324 g/mol. The van der Waals surface area contributed by atoms with Crippen LogP contribution in [0.4, 0.5) is 0 Å². The number of carbonyl (C=O) groups excluding carboxylic acids is 1. The maximum atomic E-state index is 11.9. The minimum atomic E-state index is -3.49. The van der Waals surface area contributed by atoms with Crippen molar-refractivity contribution >= 4 is 27.3 Å². The number of rotatable bonds is 7. The molecule has 2 N–H and O–H groups in total. The molecule has 0 saturated heterocycles. The van der Waals surface area contributed by atoms with Crippen LogP contribution in [0.1, 0.15) is 10.4 Å². The van der Waals surface area contributed by atoms with Crippen molar-refractivity contribution in [2.24, 2.45) is 0 Å². The van der Waals surface area contributed by atoms with E-state index in [4.69, 9.17) is 4.74 Å². The number of methoxy groups -OCH3 is 1. The van der Waals surface area contributed by atoms with E-state index in [-0.39, 0.29) is 23.2 Å². The molecule has 0 atom stereocenters. The van der Waals surface area contributed by atoms with Gasteiger partial charge in [0.05, 0.1) is 7.11 Å². The number of hydrogen-bond acceptors (Lipinski definition) is 5. The minimum Gasteiger partial charge on any atom is -0.497 e. The molecule has 0 aliphatic carbocycles. The molecule has 0 saturated carbocycles. The zero-order valence-electron chi connectivity index (χ0n) is 11.9. The van der Waals surface area contributed by atoms with Crippen LogP contribution in [0.5, 0.6) is 5.75 Å². The van der Waals surface area contributed by atoms with Crippen molar-refractivity contribution in [3.8, 4) is 5.75 Å². The smallest absolute Gasteiger partial charge is 0.251 e. The fourth-order valence-corrected chi connectivity index (χ4v) is 3.78. The van der Waals surface area contributed by atoms with Crippen molar-refractivity contribution in [1.29, 1.82) is 0 Å². The number of hydrogen-bond donors (Lipinski definition) is 2. The summed E-state index contributed by atoms with van der Waals surface area (Å²) in [6.45, 7) is 0.316. The molecule has 8 heteroatoms. The molecule has 2 aromatic rings. The van der Waals surface area contributed by atoms with E-state index in [0.29, 0.717) is 11.3 Å². The zero-order chi connectivity index (χ0) is 16.0. The SMILES string of the molecule is COc1cccc(C(=O)NCCNS(=O)(=O)c2cccs2)c1. The lowest BCUT2D eigenvalue weighted by atomic mass is 10.2. The van der Waals surface area contributed by atoms with Crippen LogP contribution < -0.4 is 14.8 Å². The summed E-state index contributed by atoms with van der Waals surface area (Å²) in [6, 6.07) is 9.93. The minimum absolute atomic E-state index is 0.121. The zero-order valence-corrected chi connectivity index (χ0v) is 13.5. The van der Waals surface area contributed by atoms with Gasteiger partial charge in [0.2, 0.25) is 10.0 Å². The Morgan fingerprint density at radius 2 is 2.05 bits per heavy atom. The van der Waals surface area contributed by atoms with Gasteiger partial charge >= 0.3 is 0 Å². The normalized spacial score (nSPS) is 11.1. The van der Waals surface area contributed by atoms with Crippen molar-refractivity contribution in [3.05, 3.63) is 47.3 Å². The molecule has 118 valence electrons. The molecule has 0 aliphatic rings. The van der Waals surface area contributed by atoms with Gasteiger partial charge in [-0.3, -0.25) is 4.79 Å². The van der Waals surface area contributed by atoms with Crippen LogP contribution in [0.25, 0.3) is 0 Å². The maximum Gasteiger partial charge on any atom is 0.251 e.